The van der Waals surface area contributed by atoms with Crippen LogP contribution in [0.1, 0.15) is 52.9 Å². The van der Waals surface area contributed by atoms with Crippen LogP contribution in [0.25, 0.3) is 0 Å². The van der Waals surface area contributed by atoms with Crippen molar-refractivity contribution in [2.45, 2.75) is 58.4 Å². The maximum atomic E-state index is 8.83. The molecule has 0 saturated heterocycles. The summed E-state index contributed by atoms with van der Waals surface area (Å²) >= 11 is 0. The predicted molar refractivity (Wildman–Crippen MR) is 72.9 cm³/mol. The zero-order chi connectivity index (χ0) is 12.9. The van der Waals surface area contributed by atoms with Gasteiger partial charge in [-0.05, 0) is 50.0 Å². The summed E-state index contributed by atoms with van der Waals surface area (Å²) in [5.74, 6) is 0.821. The lowest BCUT2D eigenvalue weighted by Gasteiger charge is -2.44. The van der Waals surface area contributed by atoms with Gasteiger partial charge in [-0.25, -0.2) is 0 Å². The van der Waals surface area contributed by atoms with E-state index in [4.69, 9.17) is 10.8 Å². The van der Waals surface area contributed by atoms with Crippen LogP contribution in [-0.4, -0.2) is 30.3 Å². The Labute approximate surface area is 106 Å². The summed E-state index contributed by atoms with van der Waals surface area (Å²) in [5.41, 5.74) is 6.51. The second-order valence-electron chi connectivity index (χ2n) is 6.63. The lowest BCUT2D eigenvalue weighted by atomic mass is 9.67. The average Bonchev–Trinajstić information content (AvgIpc) is 2.29. The molecule has 0 aromatic rings. The molecule has 0 amide bonds. The molecule has 3 nitrogen and oxygen atoms in total. The molecular weight excluding hydrogens is 212 g/mol. The highest BCUT2D eigenvalue weighted by Gasteiger charge is 2.37. The molecule has 0 radical (unpaired) electrons. The summed E-state index contributed by atoms with van der Waals surface area (Å²) in [6.07, 6.45) is 5.72. The zero-order valence-corrected chi connectivity index (χ0v) is 11.8. The minimum Gasteiger partial charge on any atom is -0.396 e. The van der Waals surface area contributed by atoms with Gasteiger partial charge in [-0.3, -0.25) is 0 Å². The van der Waals surface area contributed by atoms with Crippen LogP contribution in [0.5, 0.6) is 0 Å². The van der Waals surface area contributed by atoms with Crippen molar-refractivity contribution in [2.24, 2.45) is 17.1 Å². The molecule has 1 aliphatic carbocycles. The van der Waals surface area contributed by atoms with Crippen molar-refractivity contribution in [1.82, 2.24) is 5.32 Å². The normalized spacial score (nSPS) is 30.5. The second-order valence-corrected chi connectivity index (χ2v) is 6.63. The lowest BCUT2D eigenvalue weighted by Crippen LogP contribution is -2.54. The summed E-state index contributed by atoms with van der Waals surface area (Å²) < 4.78 is 0. The van der Waals surface area contributed by atoms with Crippen molar-refractivity contribution in [1.29, 1.82) is 0 Å². The number of aliphatic hydroxyl groups is 1. The van der Waals surface area contributed by atoms with Gasteiger partial charge in [0.25, 0.3) is 0 Å². The molecule has 17 heavy (non-hydrogen) atoms. The quantitative estimate of drug-likeness (QED) is 0.645. The van der Waals surface area contributed by atoms with Gasteiger partial charge in [-0.1, -0.05) is 20.8 Å². The first-order valence-electron chi connectivity index (χ1n) is 6.99. The molecule has 3 heteroatoms. The summed E-state index contributed by atoms with van der Waals surface area (Å²) in [4.78, 5) is 0. The first kappa shape index (κ1) is 14.9. The van der Waals surface area contributed by atoms with Crippen LogP contribution in [0.4, 0.5) is 0 Å². The molecule has 0 aromatic heterocycles. The van der Waals surface area contributed by atoms with Crippen molar-refractivity contribution >= 4 is 0 Å². The Morgan fingerprint density at radius 1 is 1.29 bits per heavy atom. The Bertz CT molecular complexity index is 215. The summed E-state index contributed by atoms with van der Waals surface area (Å²) in [6, 6.07) is 0. The third-order valence-corrected chi connectivity index (χ3v) is 4.39. The molecule has 1 aliphatic rings. The maximum absolute atomic E-state index is 8.83. The summed E-state index contributed by atoms with van der Waals surface area (Å²) in [7, 11) is 0. The summed E-state index contributed by atoms with van der Waals surface area (Å²) in [5, 5.41) is 12.4. The Balaban J connectivity index is 2.45. The molecule has 0 unspecified atom stereocenters. The Hall–Kier alpha value is -0.120. The van der Waals surface area contributed by atoms with Gasteiger partial charge in [0.05, 0.1) is 0 Å². The van der Waals surface area contributed by atoms with Crippen molar-refractivity contribution < 1.29 is 5.11 Å². The van der Waals surface area contributed by atoms with E-state index in [0.717, 1.165) is 25.4 Å². The van der Waals surface area contributed by atoms with Crippen LogP contribution in [0.2, 0.25) is 0 Å². The highest BCUT2D eigenvalue weighted by atomic mass is 16.3. The van der Waals surface area contributed by atoms with Gasteiger partial charge in [-0.2, -0.15) is 0 Å². The fraction of sp³-hybridized carbons (Fsp3) is 1.00. The van der Waals surface area contributed by atoms with Gasteiger partial charge >= 0.3 is 0 Å². The SMILES string of the molecule is CC(C)(C)C1CCC(CN)(NCCCO)CC1. The van der Waals surface area contributed by atoms with E-state index in [9.17, 15) is 0 Å². The third-order valence-electron chi connectivity index (χ3n) is 4.39. The molecule has 102 valence electrons. The van der Waals surface area contributed by atoms with E-state index in [1.165, 1.54) is 25.7 Å². The molecule has 0 heterocycles. The van der Waals surface area contributed by atoms with Gasteiger partial charge in [0, 0.05) is 18.7 Å². The lowest BCUT2D eigenvalue weighted by molar-refractivity contribution is 0.116. The van der Waals surface area contributed by atoms with Gasteiger partial charge in [0.2, 0.25) is 0 Å². The highest BCUT2D eigenvalue weighted by Crippen LogP contribution is 2.41. The highest BCUT2D eigenvalue weighted by molar-refractivity contribution is 4.95. The number of hydrogen-bond acceptors (Lipinski definition) is 3. The zero-order valence-electron chi connectivity index (χ0n) is 11.8. The molecule has 0 bridgehead atoms. The van der Waals surface area contributed by atoms with Crippen molar-refractivity contribution in [3.05, 3.63) is 0 Å². The van der Waals surface area contributed by atoms with Crippen LogP contribution in [-0.2, 0) is 0 Å². The van der Waals surface area contributed by atoms with E-state index in [1.807, 2.05) is 0 Å². The minimum atomic E-state index is 0.136. The van der Waals surface area contributed by atoms with E-state index >= 15 is 0 Å². The molecule has 0 aliphatic heterocycles. The average molecular weight is 242 g/mol. The van der Waals surface area contributed by atoms with E-state index in [1.54, 1.807) is 0 Å². The first-order valence-corrected chi connectivity index (χ1v) is 6.99. The third kappa shape index (κ3) is 4.23. The van der Waals surface area contributed by atoms with Gasteiger partial charge in [0.1, 0.15) is 0 Å². The van der Waals surface area contributed by atoms with E-state index in [-0.39, 0.29) is 12.1 Å². The number of rotatable bonds is 5. The van der Waals surface area contributed by atoms with Crippen LogP contribution >= 0.6 is 0 Å². The van der Waals surface area contributed by atoms with Crippen LogP contribution in [0, 0.1) is 11.3 Å². The fourth-order valence-electron chi connectivity index (χ4n) is 2.92. The van der Waals surface area contributed by atoms with Crippen LogP contribution < -0.4 is 11.1 Å². The van der Waals surface area contributed by atoms with Crippen LogP contribution in [0.3, 0.4) is 0 Å². The van der Waals surface area contributed by atoms with Gasteiger partial charge < -0.3 is 16.2 Å². The van der Waals surface area contributed by atoms with Gasteiger partial charge in [-0.15, -0.1) is 0 Å². The predicted octanol–water partition coefficient (Wildman–Crippen LogP) is 1.89. The van der Waals surface area contributed by atoms with Gasteiger partial charge in [0.15, 0.2) is 0 Å². The van der Waals surface area contributed by atoms with Crippen LogP contribution in [0.15, 0.2) is 0 Å². The van der Waals surface area contributed by atoms with E-state index in [0.29, 0.717) is 5.41 Å². The standard InChI is InChI=1S/C14H30N2O/c1-13(2,3)12-5-7-14(11-15,8-6-12)16-9-4-10-17/h12,16-17H,4-11,15H2,1-3H3. The first-order chi connectivity index (χ1) is 7.93. The Morgan fingerprint density at radius 2 is 1.88 bits per heavy atom. The molecule has 4 N–H and O–H groups in total. The molecule has 1 rings (SSSR count). The number of hydrogen-bond donors (Lipinski definition) is 3. The summed E-state index contributed by atoms with van der Waals surface area (Å²) in [6.45, 7) is 8.88. The smallest absolute Gasteiger partial charge is 0.0443 e. The molecule has 1 saturated carbocycles. The number of aliphatic hydroxyl groups excluding tert-OH is 1. The molecule has 0 aromatic carbocycles. The van der Waals surface area contributed by atoms with E-state index < -0.39 is 0 Å². The van der Waals surface area contributed by atoms with Crippen molar-refractivity contribution in [3.8, 4) is 0 Å². The topological polar surface area (TPSA) is 58.3 Å². The fourth-order valence-corrected chi connectivity index (χ4v) is 2.92. The minimum absolute atomic E-state index is 0.136. The van der Waals surface area contributed by atoms with Crippen molar-refractivity contribution in [3.63, 3.8) is 0 Å². The number of nitrogens with one attached hydrogen (secondary N) is 1. The molecule has 0 spiro atoms. The maximum Gasteiger partial charge on any atom is 0.0443 e. The van der Waals surface area contributed by atoms with Crippen molar-refractivity contribution in [2.75, 3.05) is 19.7 Å². The largest absolute Gasteiger partial charge is 0.396 e. The Kier molecular flexibility index (Phi) is 5.42. The molecular formula is C14H30N2O. The second kappa shape index (κ2) is 6.17. The number of nitrogens with two attached hydrogens (primary N) is 1. The molecule has 0 atom stereocenters. The van der Waals surface area contributed by atoms with E-state index in [2.05, 4.69) is 26.1 Å². The Morgan fingerprint density at radius 3 is 2.29 bits per heavy atom. The molecule has 1 fully saturated rings. The monoisotopic (exact) mass is 242 g/mol.